The Bertz CT molecular complexity index is 3010. The van der Waals surface area contributed by atoms with Gasteiger partial charge in [-0.2, -0.15) is 0 Å². The van der Waals surface area contributed by atoms with Crippen molar-refractivity contribution >= 4 is 46.1 Å². The van der Waals surface area contributed by atoms with Crippen LogP contribution in [0.5, 0.6) is 0 Å². The second-order valence-corrected chi connectivity index (χ2v) is 18.6. The summed E-state index contributed by atoms with van der Waals surface area (Å²) in [5, 5.41) is 11.8. The lowest BCUT2D eigenvalue weighted by atomic mass is 9.90. The molecule has 0 aliphatic rings. The van der Waals surface area contributed by atoms with Crippen LogP contribution in [0.3, 0.4) is 0 Å². The van der Waals surface area contributed by atoms with Crippen molar-refractivity contribution in [2.45, 2.75) is 52.4 Å². The first-order valence-electron chi connectivity index (χ1n) is 20.6. The molecular formula is C50H46F2N6O7S2. The van der Waals surface area contributed by atoms with E-state index in [9.17, 15) is 28.0 Å². The largest absolute Gasteiger partial charge is 0.478 e. The Morgan fingerprint density at radius 2 is 1.06 bits per heavy atom. The molecule has 0 aliphatic heterocycles. The molecule has 6 aromatic heterocycles. The number of halogens is 2. The van der Waals surface area contributed by atoms with Gasteiger partial charge in [-0.1, -0.05) is 27.7 Å². The highest BCUT2D eigenvalue weighted by Crippen LogP contribution is 2.31. The van der Waals surface area contributed by atoms with Gasteiger partial charge in [0.1, 0.15) is 24.2 Å². The van der Waals surface area contributed by atoms with E-state index >= 15 is 0 Å². The number of amides is 1. The quantitative estimate of drug-likeness (QED) is 0.0924. The number of carbonyl (C=O) groups excluding carboxylic acids is 3. The molecule has 6 heterocycles. The van der Waals surface area contributed by atoms with Crippen molar-refractivity contribution in [3.63, 3.8) is 0 Å². The minimum atomic E-state index is -1.01. The second-order valence-electron chi connectivity index (χ2n) is 16.4. The number of carboxylic acids is 1. The van der Waals surface area contributed by atoms with Crippen LogP contribution in [-0.2, 0) is 10.8 Å². The lowest BCUT2D eigenvalue weighted by molar-refractivity contribution is 0.0695. The molecule has 0 unspecified atom stereocenters. The monoisotopic (exact) mass is 944 g/mol. The molecule has 0 bridgehead atoms. The number of aromatic carboxylic acids is 1. The molecule has 0 atom stereocenters. The van der Waals surface area contributed by atoms with Crippen molar-refractivity contribution in [3.05, 3.63) is 166 Å². The molecule has 0 saturated carbocycles. The number of ketones is 2. The number of benzene rings is 2. The van der Waals surface area contributed by atoms with Crippen LogP contribution in [0, 0.1) is 11.6 Å². The van der Waals surface area contributed by atoms with Gasteiger partial charge < -0.3 is 25.0 Å². The summed E-state index contributed by atoms with van der Waals surface area (Å²) in [6.07, 6.45) is 9.21. The third-order valence-corrected chi connectivity index (χ3v) is 12.7. The summed E-state index contributed by atoms with van der Waals surface area (Å²) in [6.45, 7) is 11.7. The van der Waals surface area contributed by atoms with Crippen LogP contribution in [0.4, 0.5) is 8.78 Å². The number of hydrogen-bond donors (Lipinski definition) is 3. The van der Waals surface area contributed by atoms with Crippen molar-refractivity contribution in [1.29, 1.82) is 0 Å². The molecule has 8 rings (SSSR count). The number of nitrogens with two attached hydrogens (primary N) is 1. The Kier molecular flexibility index (Phi) is 15.6. The predicted molar refractivity (Wildman–Crippen MR) is 253 cm³/mol. The third-order valence-electron chi connectivity index (χ3n) is 10.2. The lowest BCUT2D eigenvalue weighted by Crippen LogP contribution is -2.37. The highest BCUT2D eigenvalue weighted by Gasteiger charge is 2.27. The van der Waals surface area contributed by atoms with E-state index in [1.807, 2.05) is 33.8 Å². The molecule has 0 spiro atoms. The smallest absolute Gasteiger partial charge is 0.337 e. The topological polar surface area (TPSA) is 204 Å². The van der Waals surface area contributed by atoms with Crippen molar-refractivity contribution in [2.75, 3.05) is 13.1 Å². The van der Waals surface area contributed by atoms with Crippen LogP contribution in [0.25, 0.3) is 43.8 Å². The van der Waals surface area contributed by atoms with Crippen LogP contribution in [0.2, 0.25) is 0 Å². The zero-order valence-corrected chi connectivity index (χ0v) is 38.9. The van der Waals surface area contributed by atoms with Gasteiger partial charge in [-0.15, -0.1) is 22.7 Å². The van der Waals surface area contributed by atoms with E-state index in [0.29, 0.717) is 57.0 Å². The van der Waals surface area contributed by atoms with Crippen LogP contribution in [-0.4, -0.2) is 61.6 Å². The van der Waals surface area contributed by atoms with Gasteiger partial charge in [0, 0.05) is 80.7 Å². The number of rotatable bonds is 13. The SMILES string of the molecule is CC(=O)c1ccc(-c2cncc(C(=O)NCC(C)(C)c3coc(-c4ccc(F)cc4)n3)c2)s1.CC(=O)c1ccc(-c2cncc(C(=O)O)c2)s1.CC(C)(CN)c1coc(-c2ccc(F)cc2)n1. The molecule has 1 amide bonds. The first kappa shape index (κ1) is 49.1. The minimum absolute atomic E-state index is 0.00333. The molecule has 344 valence electrons. The minimum Gasteiger partial charge on any atom is -0.478 e. The molecule has 13 nitrogen and oxygen atoms in total. The summed E-state index contributed by atoms with van der Waals surface area (Å²) < 4.78 is 36.9. The predicted octanol–water partition coefficient (Wildman–Crippen LogP) is 10.9. The summed E-state index contributed by atoms with van der Waals surface area (Å²) in [6, 6.07) is 22.4. The Balaban J connectivity index is 0.000000183. The number of pyridine rings is 2. The number of nitrogens with zero attached hydrogens (tertiary/aromatic N) is 4. The summed E-state index contributed by atoms with van der Waals surface area (Å²) in [4.78, 5) is 66.3. The molecular weight excluding hydrogens is 899 g/mol. The van der Waals surface area contributed by atoms with Gasteiger partial charge in [0.05, 0.1) is 32.3 Å². The van der Waals surface area contributed by atoms with E-state index in [0.717, 1.165) is 26.6 Å². The van der Waals surface area contributed by atoms with Crippen LogP contribution in [0.15, 0.2) is 131 Å². The molecule has 0 aliphatic carbocycles. The van der Waals surface area contributed by atoms with Crippen molar-refractivity contribution in [2.24, 2.45) is 5.73 Å². The average Bonchev–Trinajstić information content (AvgIpc) is 4.17. The van der Waals surface area contributed by atoms with Gasteiger partial charge in [-0.25, -0.2) is 23.5 Å². The maximum Gasteiger partial charge on any atom is 0.337 e. The van der Waals surface area contributed by atoms with Gasteiger partial charge >= 0.3 is 5.97 Å². The molecule has 2 aromatic carbocycles. The van der Waals surface area contributed by atoms with Crippen LogP contribution < -0.4 is 11.1 Å². The van der Waals surface area contributed by atoms with Gasteiger partial charge in [-0.05, 0) is 98.8 Å². The summed E-state index contributed by atoms with van der Waals surface area (Å²) in [7, 11) is 0. The molecule has 67 heavy (non-hydrogen) atoms. The molecule has 4 N–H and O–H groups in total. The van der Waals surface area contributed by atoms with E-state index in [-0.39, 0.29) is 40.1 Å². The van der Waals surface area contributed by atoms with Gasteiger partial charge in [-0.3, -0.25) is 24.4 Å². The summed E-state index contributed by atoms with van der Waals surface area (Å²) in [5.74, 6) is -0.989. The normalized spacial score (nSPS) is 11.2. The van der Waals surface area contributed by atoms with Crippen molar-refractivity contribution in [3.8, 4) is 43.8 Å². The molecule has 0 radical (unpaired) electrons. The fraction of sp³-hybridized carbons (Fsp3) is 0.200. The first-order chi connectivity index (χ1) is 31.8. The first-order valence-corrected chi connectivity index (χ1v) is 22.2. The maximum absolute atomic E-state index is 13.2. The highest BCUT2D eigenvalue weighted by atomic mass is 32.1. The van der Waals surface area contributed by atoms with Crippen LogP contribution >= 0.6 is 22.7 Å². The number of carbonyl (C=O) groups is 4. The zero-order valence-electron chi connectivity index (χ0n) is 37.3. The second kappa shape index (κ2) is 21.3. The van der Waals surface area contributed by atoms with E-state index in [1.54, 1.807) is 79.5 Å². The lowest BCUT2D eigenvalue weighted by Gasteiger charge is -2.22. The Hall–Kier alpha value is -7.34. The molecule has 17 heteroatoms. The number of carboxylic acid groups (broad SMARTS) is 1. The number of aromatic nitrogens is 4. The highest BCUT2D eigenvalue weighted by molar-refractivity contribution is 7.17. The molecule has 0 fully saturated rings. The van der Waals surface area contributed by atoms with E-state index in [2.05, 4.69) is 25.3 Å². The maximum atomic E-state index is 13.2. The van der Waals surface area contributed by atoms with Crippen molar-refractivity contribution in [1.82, 2.24) is 25.3 Å². The summed E-state index contributed by atoms with van der Waals surface area (Å²) >= 11 is 2.70. The summed E-state index contributed by atoms with van der Waals surface area (Å²) in [5.41, 5.74) is 9.90. The fourth-order valence-electron chi connectivity index (χ4n) is 5.97. The molecule has 8 aromatic rings. The Morgan fingerprint density at radius 1 is 0.627 bits per heavy atom. The van der Waals surface area contributed by atoms with E-state index in [4.69, 9.17) is 19.7 Å². The Morgan fingerprint density at radius 3 is 1.48 bits per heavy atom. The standard InChI is InChI=1S/C25H22FN3O3S.C13H15FN2O.C12H9NO3S/c1-15(30)20-8-9-21(33-20)17-10-18(12-27-11-17)23(31)28-14-25(2,3)22-13-32-24(29-22)16-4-6-19(26)7-5-16;1-13(2,8-15)11-7-17-12(16-11)9-3-5-10(14)6-4-9;1-7(14)10-2-3-11(17-10)8-4-9(12(15)16)6-13-5-8/h4-13H,14H2,1-3H3,(H,28,31);3-7H,8,15H2,1-2H3;2-6H,1H3,(H,15,16). The molecule has 0 saturated heterocycles. The number of nitrogens with one attached hydrogen (secondary N) is 1. The zero-order chi connectivity index (χ0) is 48.5. The van der Waals surface area contributed by atoms with Crippen LogP contribution in [0.1, 0.15) is 93.0 Å². The van der Waals surface area contributed by atoms with Gasteiger partial charge in [0.15, 0.2) is 11.6 Å². The average molecular weight is 945 g/mol. The number of oxazole rings is 2. The van der Waals surface area contributed by atoms with Gasteiger partial charge in [0.2, 0.25) is 11.8 Å². The van der Waals surface area contributed by atoms with Gasteiger partial charge in [0.25, 0.3) is 5.91 Å². The number of thiophene rings is 2. The number of Topliss-reactive ketones (excluding diaryl/α,β-unsaturated/α-hetero) is 2. The third kappa shape index (κ3) is 12.7. The van der Waals surface area contributed by atoms with E-state index in [1.165, 1.54) is 73.2 Å². The Labute approximate surface area is 392 Å². The van der Waals surface area contributed by atoms with Crippen molar-refractivity contribution < 1.29 is 41.9 Å². The van der Waals surface area contributed by atoms with E-state index < -0.39 is 11.4 Å². The fourth-order valence-corrected chi connectivity index (χ4v) is 7.74. The number of hydrogen-bond acceptors (Lipinski definition) is 13.